The lowest BCUT2D eigenvalue weighted by atomic mass is 9.94. The van der Waals surface area contributed by atoms with Crippen molar-refractivity contribution >= 4 is 23.3 Å². The van der Waals surface area contributed by atoms with Crippen LogP contribution in [-0.4, -0.2) is 20.6 Å². The molecule has 1 N–H and O–H groups in total. The molecule has 0 fully saturated rings. The molecule has 0 saturated heterocycles. The van der Waals surface area contributed by atoms with Crippen LogP contribution in [0.3, 0.4) is 0 Å². The fourth-order valence-corrected chi connectivity index (χ4v) is 3.72. The van der Waals surface area contributed by atoms with Gasteiger partial charge in [0.2, 0.25) is 0 Å². The number of anilines is 1. The number of nitrogens with zero attached hydrogens (tertiary/aromatic N) is 4. The van der Waals surface area contributed by atoms with Crippen LogP contribution in [0.25, 0.3) is 5.69 Å². The quantitative estimate of drug-likeness (QED) is 0.365. The van der Waals surface area contributed by atoms with Crippen LogP contribution in [0.2, 0.25) is 0 Å². The van der Waals surface area contributed by atoms with Gasteiger partial charge in [0.25, 0.3) is 5.69 Å². The first-order valence-electron chi connectivity index (χ1n) is 9.55. The molecule has 0 atom stereocenters. The summed E-state index contributed by atoms with van der Waals surface area (Å²) in [6, 6.07) is 13.3. The number of benzene rings is 2. The van der Waals surface area contributed by atoms with E-state index in [1.807, 2.05) is 30.3 Å². The monoisotopic (exact) mass is 405 g/mol. The number of aryl methyl sites for hydroxylation is 1. The molecule has 9 nitrogen and oxygen atoms in total. The number of rotatable bonds is 6. The number of fused-ring (bicyclic) bond motifs is 1. The molecule has 4 rings (SSSR count). The molecule has 1 aliphatic carbocycles. The predicted octanol–water partition coefficient (Wildman–Crippen LogP) is 4.62. The second kappa shape index (κ2) is 8.16. The van der Waals surface area contributed by atoms with Gasteiger partial charge in [0.15, 0.2) is 0 Å². The van der Waals surface area contributed by atoms with Gasteiger partial charge in [-0.15, -0.1) is 0 Å². The van der Waals surface area contributed by atoms with Crippen LogP contribution in [0.15, 0.2) is 59.8 Å². The Bertz CT molecular complexity index is 1140. The number of hydrogen-bond donors (Lipinski definition) is 1. The molecule has 30 heavy (non-hydrogen) atoms. The zero-order chi connectivity index (χ0) is 21.1. The Hall–Kier alpha value is -4.01. The molecular formula is C21H19N5O4. The molecule has 152 valence electrons. The largest absolute Gasteiger partial charge is 0.315 e. The number of para-hydroxylation sites is 1. The molecule has 0 unspecified atom stereocenters. The van der Waals surface area contributed by atoms with Crippen LogP contribution in [0, 0.1) is 20.2 Å². The van der Waals surface area contributed by atoms with Crippen molar-refractivity contribution in [3.63, 3.8) is 0 Å². The Balaban J connectivity index is 1.68. The van der Waals surface area contributed by atoms with E-state index in [9.17, 15) is 20.2 Å². The van der Waals surface area contributed by atoms with E-state index in [4.69, 9.17) is 0 Å². The Kier molecular flexibility index (Phi) is 5.25. The third kappa shape index (κ3) is 3.77. The molecule has 0 saturated carbocycles. The number of nitro benzene ring substituents is 2. The molecule has 9 heteroatoms. The zero-order valence-corrected chi connectivity index (χ0v) is 16.0. The van der Waals surface area contributed by atoms with E-state index >= 15 is 0 Å². The van der Waals surface area contributed by atoms with Crippen LogP contribution in [-0.2, 0) is 12.8 Å². The topological polar surface area (TPSA) is 116 Å². The number of hydrazone groups is 1. The van der Waals surface area contributed by atoms with Crippen LogP contribution in [0.1, 0.15) is 29.7 Å². The molecule has 1 aromatic heterocycles. The molecule has 0 amide bonds. The maximum Gasteiger partial charge on any atom is 0.301 e. The van der Waals surface area contributed by atoms with E-state index < -0.39 is 15.5 Å². The fraction of sp³-hybridized carbons (Fsp3) is 0.190. The number of aromatic nitrogens is 1. The summed E-state index contributed by atoms with van der Waals surface area (Å²) in [5, 5.41) is 26.4. The van der Waals surface area contributed by atoms with Crippen LogP contribution >= 0.6 is 0 Å². The van der Waals surface area contributed by atoms with Crippen LogP contribution in [0.4, 0.5) is 17.1 Å². The lowest BCUT2D eigenvalue weighted by Gasteiger charge is -2.11. The van der Waals surface area contributed by atoms with Gasteiger partial charge in [-0.3, -0.25) is 25.7 Å². The van der Waals surface area contributed by atoms with E-state index in [2.05, 4.69) is 21.3 Å². The summed E-state index contributed by atoms with van der Waals surface area (Å²) < 4.78 is 2.07. The van der Waals surface area contributed by atoms with Gasteiger partial charge in [-0.05, 0) is 55.0 Å². The minimum Gasteiger partial charge on any atom is -0.315 e. The molecule has 2 aromatic carbocycles. The van der Waals surface area contributed by atoms with E-state index in [1.54, 1.807) is 6.21 Å². The molecule has 0 bridgehead atoms. The van der Waals surface area contributed by atoms with Gasteiger partial charge in [-0.2, -0.15) is 5.10 Å². The number of hydrogen-bond acceptors (Lipinski definition) is 6. The molecular weight excluding hydrogens is 386 g/mol. The molecule has 0 aliphatic heterocycles. The van der Waals surface area contributed by atoms with Gasteiger partial charge in [-0.1, -0.05) is 18.2 Å². The highest BCUT2D eigenvalue weighted by Gasteiger charge is 2.20. The highest BCUT2D eigenvalue weighted by molar-refractivity contribution is 5.83. The summed E-state index contributed by atoms with van der Waals surface area (Å²) in [7, 11) is 0. The summed E-state index contributed by atoms with van der Waals surface area (Å²) in [6.07, 6.45) is 8.00. The van der Waals surface area contributed by atoms with E-state index in [0.29, 0.717) is 0 Å². The first-order chi connectivity index (χ1) is 14.5. The molecule has 1 aliphatic rings. The lowest BCUT2D eigenvalue weighted by Crippen LogP contribution is -2.05. The highest BCUT2D eigenvalue weighted by atomic mass is 16.6. The standard InChI is InChI=1S/C21H19N5O4/c27-25(28)17-10-11-19(20(12-17)26(29)30)23-22-13-21-18-9-5-4-6-15(18)14-24(21)16-7-2-1-3-8-16/h1-3,7-8,10-14,23H,4-6,9H2. The first kappa shape index (κ1) is 19.3. The normalized spacial score (nSPS) is 13.2. The summed E-state index contributed by atoms with van der Waals surface area (Å²) >= 11 is 0. The molecule has 0 radical (unpaired) electrons. The van der Waals surface area contributed by atoms with Crippen molar-refractivity contribution in [2.75, 3.05) is 5.43 Å². The minimum absolute atomic E-state index is 0.0912. The second-order valence-electron chi connectivity index (χ2n) is 7.02. The van der Waals surface area contributed by atoms with E-state index in [1.165, 1.54) is 23.3 Å². The first-order valence-corrected chi connectivity index (χ1v) is 9.55. The molecule has 3 aromatic rings. The summed E-state index contributed by atoms with van der Waals surface area (Å²) in [6.45, 7) is 0. The van der Waals surface area contributed by atoms with E-state index in [-0.39, 0.29) is 11.4 Å². The van der Waals surface area contributed by atoms with Crippen LogP contribution < -0.4 is 5.43 Å². The SMILES string of the molecule is O=[N+]([O-])c1ccc(NN=Cc2c3c(cn2-c2ccccc2)CCCC3)c([N+](=O)[O-])c1. The Morgan fingerprint density at radius 3 is 2.50 bits per heavy atom. The number of nitrogens with one attached hydrogen (secondary N) is 1. The minimum atomic E-state index is -0.668. The average molecular weight is 405 g/mol. The third-order valence-electron chi connectivity index (χ3n) is 5.16. The third-order valence-corrected chi connectivity index (χ3v) is 5.16. The van der Waals surface area contributed by atoms with Crippen LogP contribution in [0.5, 0.6) is 0 Å². The zero-order valence-electron chi connectivity index (χ0n) is 16.0. The van der Waals surface area contributed by atoms with Crippen molar-refractivity contribution in [2.24, 2.45) is 5.10 Å². The summed E-state index contributed by atoms with van der Waals surface area (Å²) in [5.74, 6) is 0. The van der Waals surface area contributed by atoms with Crippen molar-refractivity contribution < 1.29 is 9.85 Å². The van der Waals surface area contributed by atoms with Gasteiger partial charge in [0.05, 0.1) is 27.8 Å². The number of nitro groups is 2. The maximum absolute atomic E-state index is 11.3. The lowest BCUT2D eigenvalue weighted by molar-refractivity contribution is -0.393. The van der Waals surface area contributed by atoms with Crippen molar-refractivity contribution in [2.45, 2.75) is 25.7 Å². The molecule has 1 heterocycles. The Morgan fingerprint density at radius 2 is 1.77 bits per heavy atom. The summed E-state index contributed by atoms with van der Waals surface area (Å²) in [5.41, 5.74) is 6.47. The summed E-state index contributed by atoms with van der Waals surface area (Å²) in [4.78, 5) is 20.9. The van der Waals surface area contributed by atoms with Crippen molar-refractivity contribution in [1.82, 2.24) is 4.57 Å². The average Bonchev–Trinajstić information content (AvgIpc) is 3.13. The highest BCUT2D eigenvalue weighted by Crippen LogP contribution is 2.30. The fourth-order valence-electron chi connectivity index (χ4n) is 3.72. The predicted molar refractivity (Wildman–Crippen MR) is 113 cm³/mol. The Morgan fingerprint density at radius 1 is 1.00 bits per heavy atom. The van der Waals surface area contributed by atoms with Gasteiger partial charge >= 0.3 is 5.69 Å². The Labute approximate surface area is 172 Å². The van der Waals surface area contributed by atoms with Crippen molar-refractivity contribution in [3.8, 4) is 5.69 Å². The van der Waals surface area contributed by atoms with Crippen molar-refractivity contribution in [1.29, 1.82) is 0 Å². The van der Waals surface area contributed by atoms with E-state index in [0.717, 1.165) is 43.1 Å². The number of non-ortho nitro benzene ring substituents is 1. The van der Waals surface area contributed by atoms with Crippen molar-refractivity contribution in [3.05, 3.63) is 91.8 Å². The van der Waals surface area contributed by atoms with Gasteiger partial charge in [0.1, 0.15) is 5.69 Å². The second-order valence-corrected chi connectivity index (χ2v) is 7.02. The molecule has 0 spiro atoms. The van der Waals surface area contributed by atoms with Gasteiger partial charge in [-0.25, -0.2) is 0 Å². The smallest absolute Gasteiger partial charge is 0.301 e. The van der Waals surface area contributed by atoms with Gasteiger partial charge in [0, 0.05) is 18.0 Å². The maximum atomic E-state index is 11.3. The van der Waals surface area contributed by atoms with Gasteiger partial charge < -0.3 is 4.57 Å².